The number of hydrogen-bond donors (Lipinski definition) is 0. The van der Waals surface area contributed by atoms with Gasteiger partial charge in [-0.15, -0.1) is 5.10 Å². The first-order valence-corrected chi connectivity index (χ1v) is 9.85. The first-order chi connectivity index (χ1) is 12.6. The summed E-state index contributed by atoms with van der Waals surface area (Å²) in [5.41, 5.74) is 2.67. The molecule has 7 heteroatoms. The molecule has 0 aliphatic carbocycles. The van der Waals surface area contributed by atoms with E-state index in [1.54, 1.807) is 7.11 Å². The van der Waals surface area contributed by atoms with Gasteiger partial charge in [-0.1, -0.05) is 27.2 Å². The van der Waals surface area contributed by atoms with Crippen LogP contribution in [0.4, 0.5) is 0 Å². The van der Waals surface area contributed by atoms with Crippen LogP contribution in [0, 0.1) is 6.92 Å². The molecule has 2 atom stereocenters. The van der Waals surface area contributed by atoms with Gasteiger partial charge in [0, 0.05) is 29.2 Å². The van der Waals surface area contributed by atoms with Gasteiger partial charge in [0.25, 0.3) is 5.91 Å². The number of carbonyl (C=O) groups is 1. The predicted octanol–water partition coefficient (Wildman–Crippen LogP) is 3.50. The molecule has 0 saturated carbocycles. The van der Waals surface area contributed by atoms with E-state index >= 15 is 0 Å². The van der Waals surface area contributed by atoms with Crippen LogP contribution in [0.5, 0.6) is 0 Å². The molecule has 1 aromatic carbocycles. The zero-order valence-corrected chi connectivity index (χ0v) is 16.6. The summed E-state index contributed by atoms with van der Waals surface area (Å²) in [7, 11) is 1.66. The molecule has 1 amide bonds. The van der Waals surface area contributed by atoms with Gasteiger partial charge in [0.2, 0.25) is 0 Å². The fourth-order valence-electron chi connectivity index (χ4n) is 4.38. The van der Waals surface area contributed by atoms with Crippen molar-refractivity contribution in [1.82, 2.24) is 19.9 Å². The van der Waals surface area contributed by atoms with Crippen LogP contribution in [-0.4, -0.2) is 45.0 Å². The Morgan fingerprint density at radius 3 is 2.69 bits per heavy atom. The standard InChI is InChI=1S/C19H23BrN4O2/c1-12-17(4-3-5-18(12)20)19(25)24-14-6-7-15(24)9-16(8-14)23-10-13(11-26-2)21-22-23/h3-5,10,14-16H,6-9,11H2,1-2H3. The first-order valence-electron chi connectivity index (χ1n) is 9.06. The van der Waals surface area contributed by atoms with Gasteiger partial charge in [0.1, 0.15) is 5.69 Å². The molecule has 2 bridgehead atoms. The molecule has 2 aromatic rings. The fourth-order valence-corrected chi connectivity index (χ4v) is 4.75. The maximum atomic E-state index is 13.2. The zero-order chi connectivity index (χ0) is 18.3. The van der Waals surface area contributed by atoms with Gasteiger partial charge in [-0.25, -0.2) is 4.68 Å². The lowest BCUT2D eigenvalue weighted by atomic mass is 9.95. The van der Waals surface area contributed by atoms with Crippen LogP contribution >= 0.6 is 15.9 Å². The Bertz CT molecular complexity index is 808. The maximum absolute atomic E-state index is 13.2. The van der Waals surface area contributed by atoms with Crippen molar-refractivity contribution in [2.24, 2.45) is 0 Å². The molecule has 0 N–H and O–H groups in total. The fraction of sp³-hybridized carbons (Fsp3) is 0.526. The number of benzene rings is 1. The first kappa shape index (κ1) is 17.7. The van der Waals surface area contributed by atoms with Crippen molar-refractivity contribution >= 4 is 21.8 Å². The summed E-state index contributed by atoms with van der Waals surface area (Å²) in [5, 5.41) is 8.46. The molecule has 0 radical (unpaired) electrons. The molecular formula is C19H23BrN4O2. The quantitative estimate of drug-likeness (QED) is 0.761. The average Bonchev–Trinajstić information content (AvgIpc) is 3.19. The minimum atomic E-state index is 0.161. The van der Waals surface area contributed by atoms with Crippen LogP contribution < -0.4 is 0 Å². The van der Waals surface area contributed by atoms with E-state index in [0.717, 1.165) is 47.0 Å². The van der Waals surface area contributed by atoms with Gasteiger partial charge in [0.15, 0.2) is 0 Å². The third-order valence-corrected chi connectivity index (χ3v) is 6.52. The Labute approximate surface area is 161 Å². The van der Waals surface area contributed by atoms with E-state index < -0.39 is 0 Å². The lowest BCUT2D eigenvalue weighted by Gasteiger charge is -2.39. The predicted molar refractivity (Wildman–Crippen MR) is 101 cm³/mol. The third-order valence-electron chi connectivity index (χ3n) is 5.66. The number of aromatic nitrogens is 3. The normalized spacial score (nSPS) is 24.9. The molecular weight excluding hydrogens is 396 g/mol. The minimum absolute atomic E-state index is 0.161. The molecule has 6 nitrogen and oxygen atoms in total. The number of fused-ring (bicyclic) bond motifs is 2. The van der Waals surface area contributed by atoms with Crippen LogP contribution in [-0.2, 0) is 11.3 Å². The van der Waals surface area contributed by atoms with Crippen molar-refractivity contribution < 1.29 is 9.53 Å². The SMILES string of the molecule is COCc1cn(C2CC3CCC(C2)N3C(=O)c2cccc(Br)c2C)nn1. The molecule has 3 heterocycles. The summed E-state index contributed by atoms with van der Waals surface area (Å²) in [6.07, 6.45) is 5.98. The Hall–Kier alpha value is -1.73. The molecule has 0 spiro atoms. The van der Waals surface area contributed by atoms with E-state index in [2.05, 4.69) is 31.1 Å². The van der Waals surface area contributed by atoms with Crippen molar-refractivity contribution in [2.45, 2.75) is 57.3 Å². The van der Waals surface area contributed by atoms with Crippen LogP contribution in [0.2, 0.25) is 0 Å². The zero-order valence-electron chi connectivity index (χ0n) is 15.1. The van der Waals surface area contributed by atoms with E-state index in [1.165, 1.54) is 0 Å². The number of nitrogens with zero attached hydrogens (tertiary/aromatic N) is 4. The summed E-state index contributed by atoms with van der Waals surface area (Å²) in [6, 6.07) is 6.71. The second-order valence-corrected chi connectivity index (χ2v) is 8.11. The Balaban J connectivity index is 1.53. The molecule has 2 aliphatic rings. The molecule has 4 rings (SSSR count). The third kappa shape index (κ3) is 3.07. The average molecular weight is 419 g/mol. The molecule has 1 aromatic heterocycles. The van der Waals surface area contributed by atoms with Gasteiger partial charge >= 0.3 is 0 Å². The van der Waals surface area contributed by atoms with Crippen molar-refractivity contribution in [3.63, 3.8) is 0 Å². The molecule has 2 saturated heterocycles. The lowest BCUT2D eigenvalue weighted by Crippen LogP contribution is -2.47. The van der Waals surface area contributed by atoms with Gasteiger partial charge < -0.3 is 9.64 Å². The second kappa shape index (κ2) is 7.12. The molecule has 2 unspecified atom stereocenters. The lowest BCUT2D eigenvalue weighted by molar-refractivity contribution is 0.0522. The molecule has 2 fully saturated rings. The Morgan fingerprint density at radius 1 is 1.27 bits per heavy atom. The van der Waals surface area contributed by atoms with Crippen molar-refractivity contribution in [3.05, 3.63) is 45.7 Å². The minimum Gasteiger partial charge on any atom is -0.378 e. The van der Waals surface area contributed by atoms with Gasteiger partial charge in [-0.05, 0) is 50.3 Å². The largest absolute Gasteiger partial charge is 0.378 e. The topological polar surface area (TPSA) is 60.2 Å². The summed E-state index contributed by atoms with van der Waals surface area (Å²) >= 11 is 3.54. The second-order valence-electron chi connectivity index (χ2n) is 7.26. The van der Waals surface area contributed by atoms with Crippen LogP contribution in [0.3, 0.4) is 0 Å². The summed E-state index contributed by atoms with van der Waals surface area (Å²) in [4.78, 5) is 15.3. The van der Waals surface area contributed by atoms with Gasteiger partial charge in [-0.2, -0.15) is 0 Å². The summed E-state index contributed by atoms with van der Waals surface area (Å²) < 4.78 is 8.08. The Morgan fingerprint density at radius 2 is 2.00 bits per heavy atom. The molecule has 2 aliphatic heterocycles. The number of amides is 1. The van der Waals surface area contributed by atoms with E-state index in [4.69, 9.17) is 4.74 Å². The monoisotopic (exact) mass is 418 g/mol. The molecule has 26 heavy (non-hydrogen) atoms. The molecule has 138 valence electrons. The number of rotatable bonds is 4. The number of halogens is 1. The highest BCUT2D eigenvalue weighted by atomic mass is 79.9. The van der Waals surface area contributed by atoms with Gasteiger partial charge in [-0.3, -0.25) is 4.79 Å². The van der Waals surface area contributed by atoms with Crippen LogP contribution in [0.15, 0.2) is 28.9 Å². The van der Waals surface area contributed by atoms with E-state index in [1.807, 2.05) is 36.0 Å². The summed E-state index contributed by atoms with van der Waals surface area (Å²) in [6.45, 7) is 2.48. The van der Waals surface area contributed by atoms with Crippen LogP contribution in [0.1, 0.15) is 53.3 Å². The number of hydrogen-bond acceptors (Lipinski definition) is 4. The highest BCUT2D eigenvalue weighted by molar-refractivity contribution is 9.10. The number of carbonyl (C=O) groups excluding carboxylic acids is 1. The van der Waals surface area contributed by atoms with E-state index in [9.17, 15) is 4.79 Å². The number of ether oxygens (including phenoxy) is 1. The van der Waals surface area contributed by atoms with Crippen molar-refractivity contribution in [3.8, 4) is 0 Å². The smallest absolute Gasteiger partial charge is 0.254 e. The van der Waals surface area contributed by atoms with Crippen molar-refractivity contribution in [2.75, 3.05) is 7.11 Å². The van der Waals surface area contributed by atoms with Crippen LogP contribution in [0.25, 0.3) is 0 Å². The number of piperidine rings is 1. The number of methoxy groups -OCH3 is 1. The van der Waals surface area contributed by atoms with Crippen molar-refractivity contribution in [1.29, 1.82) is 0 Å². The maximum Gasteiger partial charge on any atom is 0.254 e. The summed E-state index contributed by atoms with van der Waals surface area (Å²) in [5.74, 6) is 0.161. The highest BCUT2D eigenvalue weighted by Gasteiger charge is 2.44. The van der Waals surface area contributed by atoms with Gasteiger partial charge in [0.05, 0.1) is 18.8 Å². The van der Waals surface area contributed by atoms with E-state index in [0.29, 0.717) is 12.6 Å². The Kier molecular flexibility index (Phi) is 4.84. The van der Waals surface area contributed by atoms with E-state index in [-0.39, 0.29) is 18.0 Å². The highest BCUT2D eigenvalue weighted by Crippen LogP contribution is 2.41.